The van der Waals surface area contributed by atoms with E-state index in [0.717, 1.165) is 22.3 Å². The van der Waals surface area contributed by atoms with Crippen LogP contribution in [0, 0.1) is 6.92 Å². The zero-order valence-corrected chi connectivity index (χ0v) is 21.5. The molecule has 0 aliphatic heterocycles. The number of aryl methyl sites for hydroxylation is 1. The molecule has 0 amide bonds. The Balaban J connectivity index is 1.44. The maximum absolute atomic E-state index is 12.8. The first-order valence-electron chi connectivity index (χ1n) is 11.1. The summed E-state index contributed by atoms with van der Waals surface area (Å²) in [6.45, 7) is 5.36. The molecule has 0 spiro atoms. The quantitative estimate of drug-likeness (QED) is 0.300. The number of para-hydroxylation sites is 1. The third-order valence-corrected chi connectivity index (χ3v) is 8.64. The Morgan fingerprint density at radius 1 is 1.12 bits per heavy atom. The molecule has 2 aromatic heterocycles. The molecule has 1 fully saturated rings. The summed E-state index contributed by atoms with van der Waals surface area (Å²) >= 11 is 3.47. The van der Waals surface area contributed by atoms with Crippen LogP contribution in [0.3, 0.4) is 0 Å². The van der Waals surface area contributed by atoms with Crippen molar-refractivity contribution in [2.75, 3.05) is 10.6 Å². The minimum atomic E-state index is -3.47. The van der Waals surface area contributed by atoms with Gasteiger partial charge in [0, 0.05) is 17.3 Å². The normalized spacial score (nSPS) is 14.0. The molecular weight excluding hydrogens is 516 g/mol. The van der Waals surface area contributed by atoms with Crippen molar-refractivity contribution >= 4 is 59.8 Å². The fraction of sp³-hybridized carbons (Fsp3) is 0.292. The van der Waals surface area contributed by atoms with E-state index in [1.165, 1.54) is 12.8 Å². The van der Waals surface area contributed by atoms with E-state index < -0.39 is 15.1 Å². The molecule has 1 saturated carbocycles. The van der Waals surface area contributed by atoms with Gasteiger partial charge in [-0.05, 0) is 79.9 Å². The Kier molecular flexibility index (Phi) is 5.81. The molecule has 2 aromatic carbocycles. The minimum Gasteiger partial charge on any atom is -0.338 e. The van der Waals surface area contributed by atoms with Crippen molar-refractivity contribution < 1.29 is 8.42 Å². The van der Waals surface area contributed by atoms with Gasteiger partial charge in [0.25, 0.3) is 0 Å². The summed E-state index contributed by atoms with van der Waals surface area (Å²) in [6, 6.07) is 13.5. The van der Waals surface area contributed by atoms with E-state index in [0.29, 0.717) is 28.0 Å². The first kappa shape index (κ1) is 22.8. The lowest BCUT2D eigenvalue weighted by Gasteiger charge is -2.15. The molecule has 2 heterocycles. The SMILES string of the molecule is Cc1nn(C2CC2)c2ccc(Nc3ncc(Br)c(Nc4ccccc4S(=O)(=O)C(C)C)n3)cc12. The molecule has 0 radical (unpaired) electrons. The van der Waals surface area contributed by atoms with E-state index >= 15 is 0 Å². The van der Waals surface area contributed by atoms with Gasteiger partial charge in [-0.1, -0.05) is 12.1 Å². The highest BCUT2D eigenvalue weighted by molar-refractivity contribution is 9.10. The molecular formula is C24H25BrN6O2S. The minimum absolute atomic E-state index is 0.235. The van der Waals surface area contributed by atoms with Crippen molar-refractivity contribution in [3.05, 3.63) is 58.8 Å². The average Bonchev–Trinajstić information content (AvgIpc) is 3.60. The number of nitrogens with zero attached hydrogens (tertiary/aromatic N) is 4. The molecule has 0 unspecified atom stereocenters. The summed E-state index contributed by atoms with van der Waals surface area (Å²) in [7, 11) is -3.47. The Bertz CT molecular complexity index is 1490. The molecule has 8 nitrogen and oxygen atoms in total. The molecule has 176 valence electrons. The Hall–Kier alpha value is -2.98. The number of fused-ring (bicyclic) bond motifs is 1. The molecule has 4 aromatic rings. The molecule has 5 rings (SSSR count). The maximum Gasteiger partial charge on any atom is 0.229 e. The van der Waals surface area contributed by atoms with Gasteiger partial charge in [0.15, 0.2) is 9.84 Å². The van der Waals surface area contributed by atoms with Crippen LogP contribution >= 0.6 is 15.9 Å². The number of anilines is 4. The Labute approximate surface area is 206 Å². The lowest BCUT2D eigenvalue weighted by Crippen LogP contribution is -2.15. The van der Waals surface area contributed by atoms with Crippen LogP contribution in [-0.2, 0) is 9.84 Å². The van der Waals surface area contributed by atoms with Crippen molar-refractivity contribution in [2.24, 2.45) is 0 Å². The number of rotatable bonds is 7. The van der Waals surface area contributed by atoms with Gasteiger partial charge in [0.2, 0.25) is 5.95 Å². The van der Waals surface area contributed by atoms with E-state index in [4.69, 9.17) is 5.10 Å². The van der Waals surface area contributed by atoms with Gasteiger partial charge in [0.05, 0.1) is 37.6 Å². The van der Waals surface area contributed by atoms with Gasteiger partial charge < -0.3 is 10.6 Å². The summed E-state index contributed by atoms with van der Waals surface area (Å²) < 4.78 is 28.4. The predicted octanol–water partition coefficient (Wildman–Crippen LogP) is 5.90. The van der Waals surface area contributed by atoms with Crippen LogP contribution in [0.4, 0.5) is 23.1 Å². The smallest absolute Gasteiger partial charge is 0.229 e. The van der Waals surface area contributed by atoms with E-state index in [9.17, 15) is 8.42 Å². The van der Waals surface area contributed by atoms with Crippen molar-refractivity contribution in [1.82, 2.24) is 19.7 Å². The number of sulfone groups is 1. The predicted molar refractivity (Wildman–Crippen MR) is 138 cm³/mol. The zero-order chi connectivity index (χ0) is 24.0. The highest BCUT2D eigenvalue weighted by Crippen LogP contribution is 2.38. The molecule has 0 atom stereocenters. The van der Waals surface area contributed by atoms with Gasteiger partial charge in [-0.3, -0.25) is 4.68 Å². The van der Waals surface area contributed by atoms with Crippen LogP contribution in [-0.4, -0.2) is 33.4 Å². The van der Waals surface area contributed by atoms with Gasteiger partial charge in [-0.25, -0.2) is 13.4 Å². The van der Waals surface area contributed by atoms with Gasteiger partial charge in [-0.15, -0.1) is 0 Å². The Morgan fingerprint density at radius 3 is 2.62 bits per heavy atom. The van der Waals surface area contributed by atoms with E-state index in [2.05, 4.69) is 53.3 Å². The third kappa shape index (κ3) is 4.27. The number of hydrogen-bond acceptors (Lipinski definition) is 7. The number of hydrogen-bond donors (Lipinski definition) is 2. The second-order valence-electron chi connectivity index (χ2n) is 8.72. The molecule has 1 aliphatic rings. The molecule has 10 heteroatoms. The van der Waals surface area contributed by atoms with Crippen molar-refractivity contribution in [3.63, 3.8) is 0 Å². The summed E-state index contributed by atoms with van der Waals surface area (Å²) in [4.78, 5) is 9.19. The first-order valence-corrected chi connectivity index (χ1v) is 13.5. The van der Waals surface area contributed by atoms with Crippen LogP contribution in [0.15, 0.2) is 58.0 Å². The summed E-state index contributed by atoms with van der Waals surface area (Å²) in [6.07, 6.45) is 3.99. The second kappa shape index (κ2) is 8.66. The lowest BCUT2D eigenvalue weighted by atomic mass is 10.2. The van der Waals surface area contributed by atoms with Crippen molar-refractivity contribution in [3.8, 4) is 0 Å². The maximum atomic E-state index is 12.8. The molecule has 0 saturated heterocycles. The molecule has 0 bridgehead atoms. The summed E-state index contributed by atoms with van der Waals surface area (Å²) in [5.74, 6) is 0.851. The standard InChI is InChI=1S/C24H25BrN6O2S/c1-14(2)34(32,33)22-7-5-4-6-20(22)28-23-19(25)13-26-24(29-23)27-16-8-11-21-18(12-16)15(3)30-31(21)17-9-10-17/h4-8,11-14,17H,9-10H2,1-3H3,(H2,26,27,28,29). The van der Waals surface area contributed by atoms with Gasteiger partial charge >= 0.3 is 0 Å². The van der Waals surface area contributed by atoms with Crippen LogP contribution in [0.2, 0.25) is 0 Å². The van der Waals surface area contributed by atoms with E-state index in [1.54, 1.807) is 44.3 Å². The summed E-state index contributed by atoms with van der Waals surface area (Å²) in [5.41, 5.74) is 3.44. The number of halogens is 1. The third-order valence-electron chi connectivity index (χ3n) is 5.85. The van der Waals surface area contributed by atoms with Crippen molar-refractivity contribution in [1.29, 1.82) is 0 Å². The van der Waals surface area contributed by atoms with Crippen LogP contribution in [0.25, 0.3) is 10.9 Å². The highest BCUT2D eigenvalue weighted by Gasteiger charge is 2.27. The molecule has 2 N–H and O–H groups in total. The van der Waals surface area contributed by atoms with Crippen LogP contribution in [0.5, 0.6) is 0 Å². The van der Waals surface area contributed by atoms with E-state index in [-0.39, 0.29) is 4.90 Å². The lowest BCUT2D eigenvalue weighted by molar-refractivity contribution is 0.588. The highest BCUT2D eigenvalue weighted by atomic mass is 79.9. The monoisotopic (exact) mass is 540 g/mol. The fourth-order valence-corrected chi connectivity index (χ4v) is 5.31. The van der Waals surface area contributed by atoms with Gasteiger partial charge in [-0.2, -0.15) is 10.1 Å². The number of aromatic nitrogens is 4. The van der Waals surface area contributed by atoms with Gasteiger partial charge in [0.1, 0.15) is 5.82 Å². The number of nitrogens with one attached hydrogen (secondary N) is 2. The largest absolute Gasteiger partial charge is 0.338 e. The molecule has 1 aliphatic carbocycles. The van der Waals surface area contributed by atoms with Crippen LogP contribution in [0.1, 0.15) is 38.4 Å². The van der Waals surface area contributed by atoms with Crippen LogP contribution < -0.4 is 10.6 Å². The van der Waals surface area contributed by atoms with Crippen molar-refractivity contribution in [2.45, 2.75) is 49.8 Å². The fourth-order valence-electron chi connectivity index (χ4n) is 3.81. The topological polar surface area (TPSA) is 102 Å². The Morgan fingerprint density at radius 2 is 1.88 bits per heavy atom. The molecule has 34 heavy (non-hydrogen) atoms. The number of benzene rings is 2. The summed E-state index contributed by atoms with van der Waals surface area (Å²) in [5, 5.41) is 11.7. The average molecular weight is 541 g/mol. The van der Waals surface area contributed by atoms with E-state index in [1.807, 2.05) is 13.0 Å². The zero-order valence-electron chi connectivity index (χ0n) is 19.1. The second-order valence-corrected chi connectivity index (χ2v) is 12.1. The first-order chi connectivity index (χ1) is 16.2.